The summed E-state index contributed by atoms with van der Waals surface area (Å²) >= 11 is 6.28. The average molecular weight is 390 g/mol. The minimum Gasteiger partial charge on any atom is -0.324 e. The second-order valence-corrected chi connectivity index (χ2v) is 6.78. The third-order valence-corrected chi connectivity index (χ3v) is 4.74. The molecule has 2 aromatic rings. The maximum absolute atomic E-state index is 12.5. The van der Waals surface area contributed by atoms with E-state index in [1.807, 2.05) is 26.0 Å². The van der Waals surface area contributed by atoms with E-state index >= 15 is 0 Å². The van der Waals surface area contributed by atoms with Gasteiger partial charge in [0.05, 0.1) is 11.5 Å². The number of para-hydroxylation sites is 1. The van der Waals surface area contributed by atoms with Crippen molar-refractivity contribution in [2.24, 2.45) is 0 Å². The smallest absolute Gasteiger partial charge is 0.273 e. The number of likely N-dealkylation sites (N-methyl/N-ethyl adjacent to an activating group) is 1. The van der Waals surface area contributed by atoms with Gasteiger partial charge in [-0.3, -0.25) is 19.8 Å². The van der Waals surface area contributed by atoms with Crippen LogP contribution in [0.1, 0.15) is 30.5 Å². The SMILES string of the molecule is CCc1ccc(Cl)c(CC)c1NC(=O)CN(C)Cc1ccccc1[N+](=O)[O-]. The van der Waals surface area contributed by atoms with Crippen molar-refractivity contribution in [3.8, 4) is 0 Å². The number of rotatable bonds is 8. The zero-order chi connectivity index (χ0) is 20.0. The molecule has 144 valence electrons. The molecule has 0 atom stereocenters. The Balaban J connectivity index is 2.11. The molecule has 2 rings (SSSR count). The first-order valence-corrected chi connectivity index (χ1v) is 9.26. The van der Waals surface area contributed by atoms with E-state index in [9.17, 15) is 14.9 Å². The number of hydrogen-bond donors (Lipinski definition) is 1. The van der Waals surface area contributed by atoms with E-state index in [1.54, 1.807) is 30.1 Å². The van der Waals surface area contributed by atoms with Gasteiger partial charge in [0, 0.05) is 28.9 Å². The first kappa shape index (κ1) is 20.9. The van der Waals surface area contributed by atoms with Crippen molar-refractivity contribution in [2.45, 2.75) is 33.2 Å². The standard InChI is InChI=1S/C20H24ClN3O3/c1-4-14-10-11-17(21)16(5-2)20(14)22-19(25)13-23(3)12-15-8-6-7-9-18(15)24(26)27/h6-11H,4-5,12-13H2,1-3H3,(H,22,25). The lowest BCUT2D eigenvalue weighted by Gasteiger charge is -2.19. The molecule has 0 aliphatic rings. The number of hydrogen-bond acceptors (Lipinski definition) is 4. The fraction of sp³-hybridized carbons (Fsp3) is 0.350. The van der Waals surface area contributed by atoms with Gasteiger partial charge in [0.2, 0.25) is 5.91 Å². The molecule has 1 N–H and O–H groups in total. The third kappa shape index (κ3) is 5.28. The fourth-order valence-corrected chi connectivity index (χ4v) is 3.35. The molecule has 0 aliphatic heterocycles. The zero-order valence-electron chi connectivity index (χ0n) is 15.8. The number of nitrogens with zero attached hydrogens (tertiary/aromatic N) is 2. The van der Waals surface area contributed by atoms with Gasteiger partial charge >= 0.3 is 0 Å². The molecule has 0 unspecified atom stereocenters. The number of amides is 1. The lowest BCUT2D eigenvalue weighted by atomic mass is 10.0. The maximum Gasteiger partial charge on any atom is 0.273 e. The molecule has 0 bridgehead atoms. The summed E-state index contributed by atoms with van der Waals surface area (Å²) in [6.07, 6.45) is 1.50. The number of benzene rings is 2. The Morgan fingerprint density at radius 1 is 1.15 bits per heavy atom. The van der Waals surface area contributed by atoms with E-state index in [0.717, 1.165) is 23.2 Å². The van der Waals surface area contributed by atoms with Crippen LogP contribution in [-0.4, -0.2) is 29.3 Å². The maximum atomic E-state index is 12.5. The van der Waals surface area contributed by atoms with Gasteiger partial charge < -0.3 is 5.32 Å². The van der Waals surface area contributed by atoms with Crippen molar-refractivity contribution < 1.29 is 9.72 Å². The lowest BCUT2D eigenvalue weighted by molar-refractivity contribution is -0.385. The van der Waals surface area contributed by atoms with Crippen molar-refractivity contribution in [3.63, 3.8) is 0 Å². The zero-order valence-corrected chi connectivity index (χ0v) is 16.5. The summed E-state index contributed by atoms with van der Waals surface area (Å²) < 4.78 is 0. The van der Waals surface area contributed by atoms with Gasteiger partial charge in [0.1, 0.15) is 0 Å². The molecule has 0 heterocycles. The second kappa shape index (κ2) is 9.48. The summed E-state index contributed by atoms with van der Waals surface area (Å²) in [4.78, 5) is 25.0. The van der Waals surface area contributed by atoms with Crippen LogP contribution in [-0.2, 0) is 24.2 Å². The number of nitro benzene ring substituents is 1. The molecular formula is C20H24ClN3O3. The van der Waals surface area contributed by atoms with Gasteiger partial charge in [-0.15, -0.1) is 0 Å². The van der Waals surface area contributed by atoms with Gasteiger partial charge in [0.15, 0.2) is 0 Å². The van der Waals surface area contributed by atoms with Crippen LogP contribution in [0.3, 0.4) is 0 Å². The predicted molar refractivity (Wildman–Crippen MR) is 108 cm³/mol. The Morgan fingerprint density at radius 3 is 2.48 bits per heavy atom. The van der Waals surface area contributed by atoms with E-state index in [2.05, 4.69) is 5.32 Å². The molecule has 0 fully saturated rings. The van der Waals surface area contributed by atoms with E-state index in [1.165, 1.54) is 6.07 Å². The molecule has 0 aromatic heterocycles. The molecule has 0 radical (unpaired) electrons. The Kier molecular flexibility index (Phi) is 7.33. The van der Waals surface area contributed by atoms with Crippen molar-refractivity contribution in [2.75, 3.05) is 18.9 Å². The quantitative estimate of drug-likeness (QED) is 0.534. The topological polar surface area (TPSA) is 75.5 Å². The minimum absolute atomic E-state index is 0.0566. The largest absolute Gasteiger partial charge is 0.324 e. The molecule has 27 heavy (non-hydrogen) atoms. The predicted octanol–water partition coefficient (Wildman–Crippen LogP) is 4.44. The normalized spacial score (nSPS) is 10.9. The van der Waals surface area contributed by atoms with Crippen LogP contribution in [0.25, 0.3) is 0 Å². The fourth-order valence-electron chi connectivity index (χ4n) is 3.06. The van der Waals surface area contributed by atoms with Crippen LogP contribution in [0.4, 0.5) is 11.4 Å². The van der Waals surface area contributed by atoms with Crippen molar-refractivity contribution >= 4 is 28.9 Å². The summed E-state index contributed by atoms with van der Waals surface area (Å²) in [7, 11) is 1.76. The molecule has 0 saturated carbocycles. The van der Waals surface area contributed by atoms with Gasteiger partial charge in [-0.05, 0) is 37.1 Å². The van der Waals surface area contributed by atoms with E-state index < -0.39 is 4.92 Å². The molecule has 0 spiro atoms. The Hall–Kier alpha value is -2.44. The molecule has 6 nitrogen and oxygen atoms in total. The second-order valence-electron chi connectivity index (χ2n) is 6.37. The summed E-state index contributed by atoms with van der Waals surface area (Å²) in [5, 5.41) is 14.7. The number of nitrogens with one attached hydrogen (secondary N) is 1. The molecule has 7 heteroatoms. The highest BCUT2D eigenvalue weighted by Gasteiger charge is 2.17. The molecule has 2 aromatic carbocycles. The van der Waals surface area contributed by atoms with Crippen molar-refractivity contribution in [1.82, 2.24) is 4.90 Å². The Bertz CT molecular complexity index is 839. The summed E-state index contributed by atoms with van der Waals surface area (Å²) in [5.41, 5.74) is 3.36. The number of carbonyl (C=O) groups is 1. The summed E-state index contributed by atoms with van der Waals surface area (Å²) in [6, 6.07) is 10.3. The van der Waals surface area contributed by atoms with Crippen LogP contribution in [0, 0.1) is 10.1 Å². The minimum atomic E-state index is -0.406. The highest BCUT2D eigenvalue weighted by atomic mass is 35.5. The van der Waals surface area contributed by atoms with Crippen LogP contribution in [0.2, 0.25) is 5.02 Å². The van der Waals surface area contributed by atoms with Gasteiger partial charge in [-0.25, -0.2) is 0 Å². The number of anilines is 1. The van der Waals surface area contributed by atoms with Crippen LogP contribution in [0.5, 0.6) is 0 Å². The molecule has 1 amide bonds. The molecule has 0 saturated heterocycles. The van der Waals surface area contributed by atoms with Crippen molar-refractivity contribution in [1.29, 1.82) is 0 Å². The van der Waals surface area contributed by atoms with Crippen LogP contribution < -0.4 is 5.32 Å². The first-order chi connectivity index (χ1) is 12.9. The van der Waals surface area contributed by atoms with Gasteiger partial charge in [-0.2, -0.15) is 0 Å². The van der Waals surface area contributed by atoms with Crippen molar-refractivity contribution in [3.05, 3.63) is 68.2 Å². The number of carbonyl (C=O) groups excluding carboxylic acids is 1. The van der Waals surface area contributed by atoms with Crippen LogP contribution >= 0.6 is 11.6 Å². The van der Waals surface area contributed by atoms with E-state index in [0.29, 0.717) is 23.6 Å². The monoisotopic (exact) mass is 389 g/mol. The number of aryl methyl sites for hydroxylation is 1. The summed E-state index contributed by atoms with van der Waals surface area (Å²) in [5.74, 6) is -0.178. The van der Waals surface area contributed by atoms with E-state index in [-0.39, 0.29) is 18.1 Å². The number of nitro groups is 1. The van der Waals surface area contributed by atoms with Crippen LogP contribution in [0.15, 0.2) is 36.4 Å². The Labute approximate surface area is 164 Å². The Morgan fingerprint density at radius 2 is 1.85 bits per heavy atom. The average Bonchev–Trinajstić information content (AvgIpc) is 2.62. The summed E-state index contributed by atoms with van der Waals surface area (Å²) in [6.45, 7) is 4.45. The van der Waals surface area contributed by atoms with Gasteiger partial charge in [-0.1, -0.05) is 49.7 Å². The number of halogens is 1. The lowest BCUT2D eigenvalue weighted by Crippen LogP contribution is -2.30. The first-order valence-electron chi connectivity index (χ1n) is 8.88. The molecule has 0 aliphatic carbocycles. The molecular weight excluding hydrogens is 366 g/mol. The highest BCUT2D eigenvalue weighted by molar-refractivity contribution is 6.32. The third-order valence-electron chi connectivity index (χ3n) is 4.38. The van der Waals surface area contributed by atoms with Gasteiger partial charge in [0.25, 0.3) is 5.69 Å². The highest BCUT2D eigenvalue weighted by Crippen LogP contribution is 2.29. The van der Waals surface area contributed by atoms with E-state index in [4.69, 9.17) is 11.6 Å².